The fourth-order valence-electron chi connectivity index (χ4n) is 5.62. The lowest BCUT2D eigenvalue weighted by Gasteiger charge is -2.41. The van der Waals surface area contributed by atoms with E-state index in [1.807, 2.05) is 12.1 Å². The lowest BCUT2D eigenvalue weighted by Crippen LogP contribution is -2.54. The molecule has 1 saturated heterocycles. The van der Waals surface area contributed by atoms with Gasteiger partial charge in [-0.1, -0.05) is 31.0 Å². The molecule has 33 heavy (non-hydrogen) atoms. The van der Waals surface area contributed by atoms with E-state index in [1.54, 1.807) is 19.1 Å². The van der Waals surface area contributed by atoms with Crippen molar-refractivity contribution >= 4 is 22.5 Å². The molecular weight excluding hydrogens is 412 g/mol. The second-order valence-corrected chi connectivity index (χ2v) is 9.53. The van der Waals surface area contributed by atoms with Crippen molar-refractivity contribution in [2.45, 2.75) is 45.6 Å². The van der Waals surface area contributed by atoms with E-state index in [2.05, 4.69) is 34.9 Å². The number of nitrogens with zero attached hydrogens (tertiary/aromatic N) is 4. The molecule has 1 aromatic heterocycles. The highest BCUT2D eigenvalue weighted by Crippen LogP contribution is 2.34. The van der Waals surface area contributed by atoms with Crippen molar-refractivity contribution in [2.75, 3.05) is 31.1 Å². The second-order valence-electron chi connectivity index (χ2n) is 9.53. The van der Waals surface area contributed by atoms with Crippen LogP contribution in [-0.2, 0) is 4.79 Å². The van der Waals surface area contributed by atoms with Crippen molar-refractivity contribution in [2.24, 2.45) is 5.92 Å². The Balaban J connectivity index is 1.46. The molecule has 2 aromatic carbocycles. The summed E-state index contributed by atoms with van der Waals surface area (Å²) in [6.07, 6.45) is 4.83. The molecule has 1 atom stereocenters. The van der Waals surface area contributed by atoms with E-state index in [-0.39, 0.29) is 11.8 Å². The summed E-state index contributed by atoms with van der Waals surface area (Å²) in [4.78, 5) is 27.0. The summed E-state index contributed by atoms with van der Waals surface area (Å²) in [6.45, 7) is 7.15. The SMILES string of the molecule is CC(=O)C(C1CCCC1)N1CCN(c2nc(-c3ccccc3O)nc3cc(C)ccc23)CC1. The Morgan fingerprint density at radius 1 is 1.03 bits per heavy atom. The smallest absolute Gasteiger partial charge is 0.165 e. The van der Waals surface area contributed by atoms with Crippen LogP contribution in [0.15, 0.2) is 42.5 Å². The number of rotatable bonds is 5. The van der Waals surface area contributed by atoms with Crippen molar-refractivity contribution in [1.29, 1.82) is 0 Å². The minimum Gasteiger partial charge on any atom is -0.507 e. The summed E-state index contributed by atoms with van der Waals surface area (Å²) in [6, 6.07) is 13.5. The van der Waals surface area contributed by atoms with Gasteiger partial charge in [-0.15, -0.1) is 0 Å². The number of hydrogen-bond acceptors (Lipinski definition) is 6. The number of carbonyl (C=O) groups is 1. The highest BCUT2D eigenvalue weighted by Gasteiger charge is 2.35. The van der Waals surface area contributed by atoms with Crippen LogP contribution in [0.25, 0.3) is 22.3 Å². The van der Waals surface area contributed by atoms with Crippen LogP contribution in [0.5, 0.6) is 5.75 Å². The molecule has 1 aliphatic heterocycles. The molecule has 1 unspecified atom stereocenters. The van der Waals surface area contributed by atoms with Crippen LogP contribution in [-0.4, -0.2) is 58.0 Å². The van der Waals surface area contributed by atoms with Crippen molar-refractivity contribution in [3.8, 4) is 17.1 Å². The third kappa shape index (κ3) is 4.32. The first-order valence-corrected chi connectivity index (χ1v) is 12.1. The number of fused-ring (bicyclic) bond motifs is 1. The number of piperazine rings is 1. The standard InChI is InChI=1S/C27H32N4O2/c1-18-11-12-21-23(17-18)28-26(22-9-5-6-10-24(22)33)29-27(21)31-15-13-30(14-16-31)25(19(2)32)20-7-3-4-8-20/h5-6,9-12,17,20,25,33H,3-4,7-8,13-16H2,1-2H3. The van der Waals surface area contributed by atoms with E-state index in [0.717, 1.165) is 48.5 Å². The predicted octanol–water partition coefficient (Wildman–Crippen LogP) is 4.58. The average molecular weight is 445 g/mol. The van der Waals surface area contributed by atoms with Crippen LogP contribution in [0.3, 0.4) is 0 Å². The minimum absolute atomic E-state index is 0.0521. The number of phenolic OH excluding ortho intramolecular Hbond substituents is 1. The van der Waals surface area contributed by atoms with Crippen molar-refractivity contribution in [3.05, 3.63) is 48.0 Å². The summed E-state index contributed by atoms with van der Waals surface area (Å²) in [5.41, 5.74) is 2.66. The molecule has 2 aliphatic rings. The Hall–Kier alpha value is -2.99. The van der Waals surface area contributed by atoms with Gasteiger partial charge in [0.25, 0.3) is 0 Å². The molecule has 6 nitrogen and oxygen atoms in total. The first-order chi connectivity index (χ1) is 16.0. The van der Waals surface area contributed by atoms with Crippen LogP contribution in [0.2, 0.25) is 0 Å². The lowest BCUT2D eigenvalue weighted by atomic mass is 9.93. The van der Waals surface area contributed by atoms with E-state index >= 15 is 0 Å². The number of para-hydroxylation sites is 1. The molecule has 6 heteroatoms. The highest BCUT2D eigenvalue weighted by molar-refractivity contribution is 5.92. The first-order valence-electron chi connectivity index (χ1n) is 12.1. The number of phenols is 1. The summed E-state index contributed by atoms with van der Waals surface area (Å²) >= 11 is 0. The maximum atomic E-state index is 12.5. The third-order valence-electron chi connectivity index (χ3n) is 7.25. The Bertz CT molecular complexity index is 1160. The Kier molecular flexibility index (Phi) is 6.02. The summed E-state index contributed by atoms with van der Waals surface area (Å²) < 4.78 is 0. The molecule has 172 valence electrons. The average Bonchev–Trinajstić information content (AvgIpc) is 3.33. The van der Waals surface area contributed by atoms with Crippen LogP contribution >= 0.6 is 0 Å². The molecular formula is C27H32N4O2. The summed E-state index contributed by atoms with van der Waals surface area (Å²) in [5, 5.41) is 11.4. The number of benzene rings is 2. The monoisotopic (exact) mass is 444 g/mol. The maximum Gasteiger partial charge on any atom is 0.165 e. The molecule has 0 bridgehead atoms. The van der Waals surface area contributed by atoms with Crippen molar-refractivity contribution in [3.63, 3.8) is 0 Å². The largest absolute Gasteiger partial charge is 0.507 e. The van der Waals surface area contributed by atoms with Gasteiger partial charge in [-0.05, 0) is 62.4 Å². The van der Waals surface area contributed by atoms with E-state index in [1.165, 1.54) is 25.7 Å². The second kappa shape index (κ2) is 9.10. The molecule has 1 N–H and O–H groups in total. The number of aromatic nitrogens is 2. The van der Waals surface area contributed by atoms with E-state index in [0.29, 0.717) is 23.1 Å². The molecule has 5 rings (SSSR count). The molecule has 0 radical (unpaired) electrons. The van der Waals surface area contributed by atoms with Crippen LogP contribution in [0.4, 0.5) is 5.82 Å². The van der Waals surface area contributed by atoms with E-state index in [9.17, 15) is 9.90 Å². The van der Waals surface area contributed by atoms with Gasteiger partial charge in [-0.2, -0.15) is 0 Å². The normalized spacial score (nSPS) is 18.7. The van der Waals surface area contributed by atoms with E-state index < -0.39 is 0 Å². The van der Waals surface area contributed by atoms with Crippen LogP contribution < -0.4 is 4.90 Å². The van der Waals surface area contributed by atoms with Gasteiger partial charge in [0, 0.05) is 31.6 Å². The number of anilines is 1. The van der Waals surface area contributed by atoms with Gasteiger partial charge in [0.1, 0.15) is 17.4 Å². The van der Waals surface area contributed by atoms with Gasteiger partial charge in [-0.3, -0.25) is 9.69 Å². The van der Waals surface area contributed by atoms with Gasteiger partial charge >= 0.3 is 0 Å². The Morgan fingerprint density at radius 3 is 2.45 bits per heavy atom. The van der Waals surface area contributed by atoms with E-state index in [4.69, 9.17) is 9.97 Å². The zero-order valence-corrected chi connectivity index (χ0v) is 19.5. The molecule has 1 saturated carbocycles. The molecule has 1 aliphatic carbocycles. The van der Waals surface area contributed by atoms with Crippen LogP contribution in [0.1, 0.15) is 38.2 Å². The quantitative estimate of drug-likeness (QED) is 0.621. The fraction of sp³-hybridized carbons (Fsp3) is 0.444. The lowest BCUT2D eigenvalue weighted by molar-refractivity contribution is -0.124. The Morgan fingerprint density at radius 2 is 1.76 bits per heavy atom. The number of aryl methyl sites for hydroxylation is 1. The first kappa shape index (κ1) is 21.8. The maximum absolute atomic E-state index is 12.5. The van der Waals surface area contributed by atoms with Gasteiger partial charge in [0.2, 0.25) is 0 Å². The number of Topliss-reactive ketones (excluding diaryl/α,β-unsaturated/α-hetero) is 1. The number of aromatic hydroxyl groups is 1. The topological polar surface area (TPSA) is 69.6 Å². The minimum atomic E-state index is 0.0521. The predicted molar refractivity (Wildman–Crippen MR) is 132 cm³/mol. The number of carbonyl (C=O) groups excluding carboxylic acids is 1. The van der Waals surface area contributed by atoms with Gasteiger partial charge in [-0.25, -0.2) is 9.97 Å². The molecule has 0 spiro atoms. The summed E-state index contributed by atoms with van der Waals surface area (Å²) in [7, 11) is 0. The van der Waals surface area contributed by atoms with Gasteiger partial charge in [0.05, 0.1) is 17.1 Å². The van der Waals surface area contributed by atoms with Crippen LogP contribution in [0, 0.1) is 12.8 Å². The highest BCUT2D eigenvalue weighted by atomic mass is 16.3. The molecule has 2 heterocycles. The Labute approximate surface area is 195 Å². The van der Waals surface area contributed by atoms with Crippen molar-refractivity contribution in [1.82, 2.24) is 14.9 Å². The zero-order chi connectivity index (χ0) is 22.9. The number of hydrogen-bond donors (Lipinski definition) is 1. The van der Waals surface area contributed by atoms with Crippen molar-refractivity contribution < 1.29 is 9.90 Å². The summed E-state index contributed by atoms with van der Waals surface area (Å²) in [5.74, 6) is 2.43. The fourth-order valence-corrected chi connectivity index (χ4v) is 5.62. The third-order valence-corrected chi connectivity index (χ3v) is 7.25. The van der Waals surface area contributed by atoms with Gasteiger partial charge in [0.15, 0.2) is 5.82 Å². The number of ketones is 1. The molecule has 0 amide bonds. The molecule has 2 fully saturated rings. The van der Waals surface area contributed by atoms with Gasteiger partial charge < -0.3 is 10.0 Å². The molecule has 3 aromatic rings. The zero-order valence-electron chi connectivity index (χ0n) is 19.5.